The molecular formula is C32H25N5O3S. The van der Waals surface area contributed by atoms with Gasteiger partial charge in [-0.1, -0.05) is 91.0 Å². The average molecular weight is 560 g/mol. The van der Waals surface area contributed by atoms with Crippen LogP contribution in [0.4, 0.5) is 0 Å². The molecule has 41 heavy (non-hydrogen) atoms. The fourth-order valence-electron chi connectivity index (χ4n) is 4.49. The molecule has 6 rings (SSSR count). The molecule has 202 valence electrons. The number of nitrogens with zero attached hydrogens (tertiary/aromatic N) is 4. The molecular weight excluding hydrogens is 534 g/mol. The van der Waals surface area contributed by atoms with Crippen LogP contribution < -0.4 is 5.43 Å². The van der Waals surface area contributed by atoms with Gasteiger partial charge in [-0.3, -0.25) is 9.36 Å². The number of aliphatic hydroxyl groups excluding tert-OH is 1. The molecule has 1 amide bonds. The number of fused-ring (bicyclic) bond motifs is 1. The lowest BCUT2D eigenvalue weighted by molar-refractivity contribution is -0.129. The highest BCUT2D eigenvalue weighted by Crippen LogP contribution is 2.31. The normalized spacial score (nSPS) is 12.1. The molecule has 0 unspecified atom stereocenters. The van der Waals surface area contributed by atoms with Crippen LogP contribution in [-0.4, -0.2) is 32.0 Å². The maximum absolute atomic E-state index is 12.2. The van der Waals surface area contributed by atoms with Crippen LogP contribution in [0, 0.1) is 0 Å². The number of nitrogens with one attached hydrogen (secondary N) is 1. The summed E-state index contributed by atoms with van der Waals surface area (Å²) >= 11 is 1.34. The van der Waals surface area contributed by atoms with Crippen molar-refractivity contribution in [1.82, 2.24) is 20.2 Å². The average Bonchev–Trinajstić information content (AvgIpc) is 3.64. The number of rotatable bonds is 9. The summed E-state index contributed by atoms with van der Waals surface area (Å²) in [4.78, 5) is 12.2. The zero-order valence-corrected chi connectivity index (χ0v) is 22.6. The van der Waals surface area contributed by atoms with Crippen LogP contribution in [0.2, 0.25) is 0 Å². The van der Waals surface area contributed by atoms with Gasteiger partial charge in [-0.25, -0.2) is 5.43 Å². The summed E-state index contributed by atoms with van der Waals surface area (Å²) in [5, 5.41) is 26.8. The van der Waals surface area contributed by atoms with Gasteiger partial charge >= 0.3 is 0 Å². The number of hydrogen-bond acceptors (Lipinski definition) is 7. The van der Waals surface area contributed by atoms with Gasteiger partial charge < -0.3 is 9.52 Å². The van der Waals surface area contributed by atoms with Crippen LogP contribution in [0.15, 0.2) is 135 Å². The predicted octanol–water partition coefficient (Wildman–Crippen LogP) is 5.94. The van der Waals surface area contributed by atoms with Gasteiger partial charge in [-0.2, -0.15) is 5.10 Å². The summed E-state index contributed by atoms with van der Waals surface area (Å²) < 4.78 is 7.94. The van der Waals surface area contributed by atoms with Crippen molar-refractivity contribution in [1.29, 1.82) is 0 Å². The number of aromatic nitrogens is 3. The second-order valence-corrected chi connectivity index (χ2v) is 10.2. The van der Waals surface area contributed by atoms with Crippen molar-refractivity contribution in [2.24, 2.45) is 5.10 Å². The number of hydrogen-bond donors (Lipinski definition) is 2. The monoisotopic (exact) mass is 559 g/mol. The SMILES string of the molecule is O=C(N/N=C/c1ccc(Sc2nnc(Cc3cccc4ccccc34)n2-c2ccccc2)o1)[C@@H](O)c1ccccc1. The van der Waals surface area contributed by atoms with Crippen LogP contribution in [-0.2, 0) is 11.2 Å². The van der Waals surface area contributed by atoms with Crippen molar-refractivity contribution in [3.8, 4) is 5.69 Å². The predicted molar refractivity (Wildman–Crippen MR) is 158 cm³/mol. The number of carbonyl (C=O) groups is 1. The first-order valence-corrected chi connectivity index (χ1v) is 13.8. The molecule has 4 aromatic carbocycles. The lowest BCUT2D eigenvalue weighted by Crippen LogP contribution is -2.25. The first-order chi connectivity index (χ1) is 20.2. The molecule has 0 spiro atoms. The molecule has 0 saturated carbocycles. The third-order valence-corrected chi connectivity index (χ3v) is 7.33. The van der Waals surface area contributed by atoms with Crippen molar-refractivity contribution in [2.75, 3.05) is 0 Å². The van der Waals surface area contributed by atoms with E-state index >= 15 is 0 Å². The largest absolute Gasteiger partial charge is 0.448 e. The van der Waals surface area contributed by atoms with Crippen molar-refractivity contribution >= 4 is 34.7 Å². The minimum atomic E-state index is -1.32. The topological polar surface area (TPSA) is 106 Å². The Kier molecular flexibility index (Phi) is 7.70. The summed E-state index contributed by atoms with van der Waals surface area (Å²) in [7, 11) is 0. The van der Waals surface area contributed by atoms with E-state index < -0.39 is 12.0 Å². The zero-order valence-electron chi connectivity index (χ0n) is 21.8. The molecule has 8 nitrogen and oxygen atoms in total. The minimum Gasteiger partial charge on any atom is -0.448 e. The summed E-state index contributed by atoms with van der Waals surface area (Å²) in [6.07, 6.45) is 0.672. The molecule has 9 heteroatoms. The summed E-state index contributed by atoms with van der Waals surface area (Å²) in [6.45, 7) is 0. The molecule has 1 atom stereocenters. The number of aliphatic hydroxyl groups is 1. The first kappa shape index (κ1) is 26.2. The molecule has 2 N–H and O–H groups in total. The van der Waals surface area contributed by atoms with Crippen LogP contribution >= 0.6 is 11.8 Å². The number of carbonyl (C=O) groups excluding carboxylic acids is 1. The van der Waals surface area contributed by atoms with Gasteiger partial charge in [0.15, 0.2) is 11.2 Å². The number of furan rings is 1. The maximum Gasteiger partial charge on any atom is 0.273 e. The van der Waals surface area contributed by atoms with Crippen molar-refractivity contribution in [2.45, 2.75) is 22.8 Å². The highest BCUT2D eigenvalue weighted by Gasteiger charge is 2.18. The standard InChI is InChI=1S/C32H25N5O3S/c38-30(23-11-3-1-4-12-23)31(39)35-33-21-26-18-19-29(40-26)41-32-36-34-28(37(32)25-15-5-2-6-16-25)20-24-14-9-13-22-10-7-8-17-27(22)24/h1-19,21,30,38H,20H2,(H,35,39)/b33-21+/t30-/m0/s1. The highest BCUT2D eigenvalue weighted by atomic mass is 32.2. The van der Waals surface area contributed by atoms with Crippen molar-refractivity contribution in [3.05, 3.63) is 138 Å². The Labute approximate surface area is 240 Å². The van der Waals surface area contributed by atoms with E-state index in [1.165, 1.54) is 34.3 Å². The number of para-hydroxylation sites is 1. The third-order valence-electron chi connectivity index (χ3n) is 6.47. The molecule has 0 aliphatic rings. The lowest BCUT2D eigenvalue weighted by atomic mass is 10.0. The van der Waals surface area contributed by atoms with E-state index in [4.69, 9.17) is 4.42 Å². The summed E-state index contributed by atoms with van der Waals surface area (Å²) in [5.41, 5.74) is 4.95. The fourth-order valence-corrected chi connectivity index (χ4v) is 5.33. The van der Waals surface area contributed by atoms with Crippen LogP contribution in [0.25, 0.3) is 16.5 Å². The van der Waals surface area contributed by atoms with Gasteiger partial charge in [-0.05, 0) is 57.9 Å². The van der Waals surface area contributed by atoms with Gasteiger partial charge in [0.1, 0.15) is 11.6 Å². The maximum atomic E-state index is 12.2. The Bertz CT molecular complexity index is 1810. The smallest absolute Gasteiger partial charge is 0.273 e. The molecule has 0 bridgehead atoms. The molecule has 2 aromatic heterocycles. The van der Waals surface area contributed by atoms with Crippen molar-refractivity contribution < 1.29 is 14.3 Å². The Morgan fingerprint density at radius 2 is 1.63 bits per heavy atom. The van der Waals surface area contributed by atoms with Gasteiger partial charge in [-0.15, -0.1) is 10.2 Å². The Morgan fingerprint density at radius 1 is 0.902 bits per heavy atom. The summed E-state index contributed by atoms with van der Waals surface area (Å²) in [5.74, 6) is 0.607. The van der Waals surface area contributed by atoms with Gasteiger partial charge in [0.05, 0.1) is 6.21 Å². The highest BCUT2D eigenvalue weighted by molar-refractivity contribution is 7.99. The first-order valence-electron chi connectivity index (χ1n) is 13.0. The molecule has 0 radical (unpaired) electrons. The third kappa shape index (κ3) is 5.96. The van der Waals surface area contributed by atoms with Crippen LogP contribution in [0.3, 0.4) is 0 Å². The minimum absolute atomic E-state index is 0.434. The van der Waals surface area contributed by atoms with Crippen LogP contribution in [0.5, 0.6) is 0 Å². The Balaban J connectivity index is 1.20. The van der Waals surface area contributed by atoms with E-state index in [-0.39, 0.29) is 0 Å². The van der Waals surface area contributed by atoms with Gasteiger partial charge in [0.2, 0.25) is 5.16 Å². The second-order valence-electron chi connectivity index (χ2n) is 9.19. The molecule has 0 aliphatic heterocycles. The quantitative estimate of drug-likeness (QED) is 0.168. The summed E-state index contributed by atoms with van der Waals surface area (Å²) in [6, 6.07) is 36.8. The van der Waals surface area contributed by atoms with E-state index in [9.17, 15) is 9.90 Å². The zero-order chi connectivity index (χ0) is 28.0. The molecule has 0 aliphatic carbocycles. The van der Waals surface area contributed by atoms with E-state index in [2.05, 4.69) is 51.1 Å². The lowest BCUT2D eigenvalue weighted by Gasteiger charge is -2.11. The van der Waals surface area contributed by atoms with E-state index in [0.29, 0.717) is 28.0 Å². The number of benzene rings is 4. The van der Waals surface area contributed by atoms with Crippen molar-refractivity contribution in [3.63, 3.8) is 0 Å². The Hall–Kier alpha value is -4.99. The number of amides is 1. The van der Waals surface area contributed by atoms with Gasteiger partial charge in [0.25, 0.3) is 5.91 Å². The second kappa shape index (κ2) is 12.0. The van der Waals surface area contributed by atoms with E-state index in [1.807, 2.05) is 53.1 Å². The van der Waals surface area contributed by atoms with E-state index in [1.54, 1.807) is 36.4 Å². The number of hydrazone groups is 1. The molecule has 0 fully saturated rings. The fraction of sp³-hybridized carbons (Fsp3) is 0.0625. The van der Waals surface area contributed by atoms with Crippen LogP contribution in [0.1, 0.15) is 28.8 Å². The van der Waals surface area contributed by atoms with Gasteiger partial charge in [0, 0.05) is 12.1 Å². The van der Waals surface area contributed by atoms with E-state index in [0.717, 1.165) is 11.5 Å². The molecule has 6 aromatic rings. The Morgan fingerprint density at radius 3 is 2.46 bits per heavy atom. The molecule has 2 heterocycles. The molecule has 0 saturated heterocycles.